The molecule has 0 saturated heterocycles. The standard InChI is InChI=1S/C6H12N2S/c1-5-3-7-6(9-2)8-4-5/h5H,3-4H2,1-2H3,(H,7,8). The summed E-state index contributed by atoms with van der Waals surface area (Å²) in [6.45, 7) is 4.27. The first-order chi connectivity index (χ1) is 4.33. The van der Waals surface area contributed by atoms with Gasteiger partial charge in [-0.2, -0.15) is 0 Å². The van der Waals surface area contributed by atoms with Crippen molar-refractivity contribution in [2.45, 2.75) is 6.92 Å². The highest BCUT2D eigenvalue weighted by molar-refractivity contribution is 8.13. The molecule has 1 aliphatic rings. The van der Waals surface area contributed by atoms with Gasteiger partial charge in [0.1, 0.15) is 0 Å². The smallest absolute Gasteiger partial charge is 0.156 e. The molecule has 0 aliphatic carbocycles. The molecule has 0 aromatic heterocycles. The van der Waals surface area contributed by atoms with E-state index in [1.807, 2.05) is 6.26 Å². The fourth-order valence-corrected chi connectivity index (χ4v) is 1.19. The van der Waals surface area contributed by atoms with Crippen molar-refractivity contribution in [2.24, 2.45) is 10.9 Å². The Bertz CT molecular complexity index is 122. The first-order valence-electron chi connectivity index (χ1n) is 3.15. The largest absolute Gasteiger partial charge is 0.365 e. The van der Waals surface area contributed by atoms with Gasteiger partial charge >= 0.3 is 0 Å². The number of amidine groups is 1. The lowest BCUT2D eigenvalue weighted by atomic mass is 10.2. The molecule has 0 amide bonds. The maximum Gasteiger partial charge on any atom is 0.156 e. The van der Waals surface area contributed by atoms with E-state index < -0.39 is 0 Å². The molecule has 1 heterocycles. The summed E-state index contributed by atoms with van der Waals surface area (Å²) in [6, 6.07) is 0. The molecule has 1 atom stereocenters. The molecule has 0 fully saturated rings. The molecule has 52 valence electrons. The third-order valence-corrected chi connectivity index (χ3v) is 2.00. The number of nitrogens with zero attached hydrogens (tertiary/aromatic N) is 1. The van der Waals surface area contributed by atoms with Gasteiger partial charge in [-0.15, -0.1) is 0 Å². The fraction of sp³-hybridized carbons (Fsp3) is 0.833. The molecule has 3 heteroatoms. The second kappa shape index (κ2) is 3.11. The molecular formula is C6H12N2S. The molecule has 1 N–H and O–H groups in total. The van der Waals surface area contributed by atoms with E-state index in [9.17, 15) is 0 Å². The Morgan fingerprint density at radius 1 is 1.78 bits per heavy atom. The second-order valence-corrected chi connectivity index (χ2v) is 3.13. The first-order valence-corrected chi connectivity index (χ1v) is 4.37. The maximum atomic E-state index is 4.30. The van der Waals surface area contributed by atoms with Crippen LogP contribution in [0.15, 0.2) is 4.99 Å². The molecule has 0 radical (unpaired) electrons. The molecule has 0 aromatic rings. The number of hydrogen-bond acceptors (Lipinski definition) is 3. The highest BCUT2D eigenvalue weighted by atomic mass is 32.2. The Morgan fingerprint density at radius 2 is 2.56 bits per heavy atom. The van der Waals surface area contributed by atoms with Crippen LogP contribution in [0.4, 0.5) is 0 Å². The number of aliphatic imine (C=N–C) groups is 1. The molecular weight excluding hydrogens is 132 g/mol. The van der Waals surface area contributed by atoms with E-state index in [0.29, 0.717) is 5.92 Å². The monoisotopic (exact) mass is 144 g/mol. The average molecular weight is 144 g/mol. The van der Waals surface area contributed by atoms with Crippen molar-refractivity contribution in [3.05, 3.63) is 0 Å². The van der Waals surface area contributed by atoms with Crippen LogP contribution in [-0.2, 0) is 0 Å². The highest BCUT2D eigenvalue weighted by Crippen LogP contribution is 2.04. The summed E-state index contributed by atoms with van der Waals surface area (Å²) in [5.41, 5.74) is 0. The van der Waals surface area contributed by atoms with Crippen molar-refractivity contribution in [1.29, 1.82) is 0 Å². The van der Waals surface area contributed by atoms with Crippen LogP contribution in [0.25, 0.3) is 0 Å². The highest BCUT2D eigenvalue weighted by Gasteiger charge is 2.07. The predicted octanol–water partition coefficient (Wildman–Crippen LogP) is 0.945. The van der Waals surface area contributed by atoms with Gasteiger partial charge in [0.2, 0.25) is 0 Å². The zero-order chi connectivity index (χ0) is 6.69. The van der Waals surface area contributed by atoms with Crippen molar-refractivity contribution in [1.82, 2.24) is 5.32 Å². The topological polar surface area (TPSA) is 24.4 Å². The summed E-state index contributed by atoms with van der Waals surface area (Å²) in [6.07, 6.45) is 2.04. The predicted molar refractivity (Wildman–Crippen MR) is 43.0 cm³/mol. The van der Waals surface area contributed by atoms with Crippen LogP contribution < -0.4 is 5.32 Å². The number of thioether (sulfide) groups is 1. The van der Waals surface area contributed by atoms with E-state index in [4.69, 9.17) is 0 Å². The van der Waals surface area contributed by atoms with Gasteiger partial charge in [0.15, 0.2) is 5.17 Å². The SMILES string of the molecule is CSC1=NCC(C)CN1. The lowest BCUT2D eigenvalue weighted by molar-refractivity contribution is 0.559. The molecule has 2 nitrogen and oxygen atoms in total. The molecule has 9 heavy (non-hydrogen) atoms. The van der Waals surface area contributed by atoms with Gasteiger partial charge in [-0.05, 0) is 12.2 Å². The van der Waals surface area contributed by atoms with Gasteiger partial charge in [0.05, 0.1) is 0 Å². The van der Waals surface area contributed by atoms with Crippen molar-refractivity contribution in [3.8, 4) is 0 Å². The maximum absolute atomic E-state index is 4.30. The summed E-state index contributed by atoms with van der Waals surface area (Å²) in [4.78, 5) is 4.30. The number of hydrogen-bond donors (Lipinski definition) is 1. The Labute approximate surface area is 60.1 Å². The van der Waals surface area contributed by atoms with Crippen LogP contribution in [-0.4, -0.2) is 24.5 Å². The van der Waals surface area contributed by atoms with Crippen molar-refractivity contribution in [2.75, 3.05) is 19.3 Å². The Hall–Kier alpha value is -0.180. The molecule has 1 rings (SSSR count). The van der Waals surface area contributed by atoms with Gasteiger partial charge in [-0.1, -0.05) is 18.7 Å². The third-order valence-electron chi connectivity index (χ3n) is 1.34. The van der Waals surface area contributed by atoms with Gasteiger partial charge in [0, 0.05) is 13.1 Å². The Balaban J connectivity index is 2.40. The van der Waals surface area contributed by atoms with Gasteiger partial charge in [-0.3, -0.25) is 4.99 Å². The van der Waals surface area contributed by atoms with Crippen molar-refractivity contribution >= 4 is 16.9 Å². The van der Waals surface area contributed by atoms with E-state index in [1.54, 1.807) is 11.8 Å². The first kappa shape index (κ1) is 6.93. The minimum Gasteiger partial charge on any atom is -0.365 e. The summed E-state index contributed by atoms with van der Waals surface area (Å²) in [7, 11) is 0. The lowest BCUT2D eigenvalue weighted by Crippen LogP contribution is -2.32. The molecule has 0 saturated carbocycles. The number of rotatable bonds is 0. The normalized spacial score (nSPS) is 26.9. The van der Waals surface area contributed by atoms with Crippen LogP contribution in [0.3, 0.4) is 0 Å². The molecule has 0 bridgehead atoms. The van der Waals surface area contributed by atoms with E-state index in [1.165, 1.54) is 0 Å². The van der Waals surface area contributed by atoms with E-state index in [-0.39, 0.29) is 0 Å². The van der Waals surface area contributed by atoms with Crippen molar-refractivity contribution in [3.63, 3.8) is 0 Å². The summed E-state index contributed by atoms with van der Waals surface area (Å²) >= 11 is 1.69. The van der Waals surface area contributed by atoms with Crippen LogP contribution in [0.1, 0.15) is 6.92 Å². The molecule has 1 aliphatic heterocycles. The second-order valence-electron chi connectivity index (χ2n) is 2.34. The fourth-order valence-electron chi connectivity index (χ4n) is 0.757. The van der Waals surface area contributed by atoms with E-state index >= 15 is 0 Å². The molecule has 1 unspecified atom stereocenters. The van der Waals surface area contributed by atoms with Gasteiger partial charge in [-0.25, -0.2) is 0 Å². The van der Waals surface area contributed by atoms with Gasteiger partial charge < -0.3 is 5.32 Å². The van der Waals surface area contributed by atoms with Gasteiger partial charge in [0.25, 0.3) is 0 Å². The molecule has 0 aromatic carbocycles. The average Bonchev–Trinajstić information content (AvgIpc) is 1.90. The zero-order valence-electron chi connectivity index (χ0n) is 5.85. The van der Waals surface area contributed by atoms with Crippen LogP contribution in [0, 0.1) is 5.92 Å². The van der Waals surface area contributed by atoms with Crippen LogP contribution in [0.2, 0.25) is 0 Å². The number of nitrogens with one attached hydrogen (secondary N) is 1. The summed E-state index contributed by atoms with van der Waals surface area (Å²) in [5, 5.41) is 4.32. The summed E-state index contributed by atoms with van der Waals surface area (Å²) < 4.78 is 0. The zero-order valence-corrected chi connectivity index (χ0v) is 6.66. The third kappa shape index (κ3) is 1.90. The minimum absolute atomic E-state index is 0.709. The summed E-state index contributed by atoms with van der Waals surface area (Å²) in [5.74, 6) is 0.709. The quantitative estimate of drug-likeness (QED) is 0.547. The van der Waals surface area contributed by atoms with Crippen LogP contribution in [0.5, 0.6) is 0 Å². The Kier molecular flexibility index (Phi) is 2.39. The van der Waals surface area contributed by atoms with E-state index in [2.05, 4.69) is 17.2 Å². The van der Waals surface area contributed by atoms with Crippen molar-refractivity contribution < 1.29 is 0 Å². The van der Waals surface area contributed by atoms with Crippen LogP contribution >= 0.6 is 11.8 Å². The lowest BCUT2D eigenvalue weighted by Gasteiger charge is -2.17. The minimum atomic E-state index is 0.709. The Morgan fingerprint density at radius 3 is 3.00 bits per heavy atom. The van der Waals surface area contributed by atoms with E-state index in [0.717, 1.165) is 18.3 Å². The molecule has 0 spiro atoms.